The van der Waals surface area contributed by atoms with E-state index in [0.717, 1.165) is 50.2 Å². The Morgan fingerprint density at radius 2 is 1.92 bits per heavy atom. The van der Waals surface area contributed by atoms with E-state index in [1.165, 1.54) is 12.6 Å². The Kier molecular flexibility index (Phi) is 5.74. The topological polar surface area (TPSA) is 78.4 Å². The molecule has 1 aromatic heterocycles. The summed E-state index contributed by atoms with van der Waals surface area (Å²) in [4.78, 5) is 13.8. The summed E-state index contributed by atoms with van der Waals surface area (Å²) in [6.07, 6.45) is 2.72. The van der Waals surface area contributed by atoms with Crippen molar-refractivity contribution in [3.05, 3.63) is 24.5 Å². The number of benzene rings is 1. The van der Waals surface area contributed by atoms with Crippen LogP contribution in [-0.4, -0.2) is 79.8 Å². The second-order valence-corrected chi connectivity index (χ2v) is 8.89. The highest BCUT2D eigenvalue weighted by atomic mass is 32.2. The van der Waals surface area contributed by atoms with E-state index in [9.17, 15) is 8.42 Å². The minimum Gasteiger partial charge on any atom is -0.368 e. The average molecular weight is 378 g/mol. The fourth-order valence-electron chi connectivity index (χ4n) is 3.30. The highest BCUT2D eigenvalue weighted by Gasteiger charge is 2.20. The van der Waals surface area contributed by atoms with Gasteiger partial charge in [0, 0.05) is 50.4 Å². The Bertz CT molecular complexity index is 863. The Labute approximate surface area is 155 Å². The van der Waals surface area contributed by atoms with E-state index in [4.69, 9.17) is 0 Å². The molecular weight excluding hydrogens is 350 g/mol. The lowest BCUT2D eigenvalue weighted by molar-refractivity contribution is 0.110. The quantitative estimate of drug-likeness (QED) is 0.817. The summed E-state index contributed by atoms with van der Waals surface area (Å²) in [5.41, 5.74) is 0.735. The highest BCUT2D eigenvalue weighted by Crippen LogP contribution is 2.23. The lowest BCUT2D eigenvalue weighted by Gasteiger charge is -2.37. The van der Waals surface area contributed by atoms with Gasteiger partial charge in [-0.25, -0.2) is 18.4 Å². The van der Waals surface area contributed by atoms with Crippen LogP contribution in [0.1, 0.15) is 13.8 Å². The first kappa shape index (κ1) is 19.0. The minimum atomic E-state index is -3.26. The molecule has 1 unspecified atom stereocenters. The van der Waals surface area contributed by atoms with Crippen molar-refractivity contribution in [2.45, 2.75) is 24.8 Å². The van der Waals surface area contributed by atoms with Crippen LogP contribution in [0.2, 0.25) is 0 Å². The molecule has 8 heteroatoms. The lowest BCUT2D eigenvalue weighted by atomic mass is 10.2. The second-order valence-electron chi connectivity index (χ2n) is 6.87. The molecule has 0 saturated carbocycles. The summed E-state index contributed by atoms with van der Waals surface area (Å²) in [7, 11) is -3.26. The fourth-order valence-corrected chi connectivity index (χ4v) is 3.95. The molecule has 0 amide bonds. The van der Waals surface area contributed by atoms with Crippen LogP contribution in [-0.2, 0) is 9.84 Å². The van der Waals surface area contributed by atoms with Gasteiger partial charge >= 0.3 is 0 Å². The predicted octanol–water partition coefficient (Wildman–Crippen LogP) is 1.47. The first-order chi connectivity index (χ1) is 12.4. The Hall–Kier alpha value is -1.77. The van der Waals surface area contributed by atoms with Gasteiger partial charge in [-0.1, -0.05) is 6.92 Å². The van der Waals surface area contributed by atoms with Gasteiger partial charge in [-0.2, -0.15) is 0 Å². The van der Waals surface area contributed by atoms with Crippen molar-refractivity contribution < 1.29 is 8.42 Å². The molecule has 3 rings (SSSR count). The van der Waals surface area contributed by atoms with Crippen molar-refractivity contribution in [1.29, 1.82) is 0 Å². The normalized spacial score (nSPS) is 18.1. The molecule has 1 N–H and O–H groups in total. The highest BCUT2D eigenvalue weighted by molar-refractivity contribution is 7.90. The predicted molar refractivity (Wildman–Crippen MR) is 104 cm³/mol. The standard InChI is InChI=1S/C18H27N5O2S/c1-4-22-7-9-23(10-8-22)14(2)12-19-18-16-11-15(26(3,24)25)5-6-17(16)20-13-21-18/h5-6,11,13-14H,4,7-10,12H2,1-3H3,(H,19,20,21). The zero-order valence-electron chi connectivity index (χ0n) is 15.6. The van der Waals surface area contributed by atoms with Crippen molar-refractivity contribution in [1.82, 2.24) is 19.8 Å². The van der Waals surface area contributed by atoms with Gasteiger partial charge in [0.2, 0.25) is 0 Å². The van der Waals surface area contributed by atoms with Gasteiger partial charge in [0.25, 0.3) is 0 Å². The van der Waals surface area contributed by atoms with Crippen LogP contribution in [0.15, 0.2) is 29.4 Å². The number of likely N-dealkylation sites (N-methyl/N-ethyl adjacent to an activating group) is 1. The van der Waals surface area contributed by atoms with Gasteiger partial charge in [-0.05, 0) is 31.7 Å². The van der Waals surface area contributed by atoms with E-state index in [2.05, 4.69) is 38.9 Å². The molecular formula is C18H27N5O2S. The van der Waals surface area contributed by atoms with E-state index in [1.807, 2.05) is 0 Å². The van der Waals surface area contributed by atoms with Crippen LogP contribution in [0.3, 0.4) is 0 Å². The Morgan fingerprint density at radius 3 is 2.58 bits per heavy atom. The Morgan fingerprint density at radius 1 is 1.19 bits per heavy atom. The molecule has 0 aliphatic carbocycles. The van der Waals surface area contributed by atoms with Crippen LogP contribution in [0.25, 0.3) is 10.9 Å². The van der Waals surface area contributed by atoms with Crippen LogP contribution < -0.4 is 5.32 Å². The molecule has 0 radical (unpaired) electrons. The molecule has 0 spiro atoms. The van der Waals surface area contributed by atoms with E-state index in [1.54, 1.807) is 18.2 Å². The number of piperazine rings is 1. The molecule has 26 heavy (non-hydrogen) atoms. The number of hydrogen-bond acceptors (Lipinski definition) is 7. The van der Waals surface area contributed by atoms with Crippen molar-refractivity contribution in [3.8, 4) is 0 Å². The van der Waals surface area contributed by atoms with Gasteiger partial charge in [-0.3, -0.25) is 4.90 Å². The van der Waals surface area contributed by atoms with Gasteiger partial charge < -0.3 is 10.2 Å². The SMILES string of the molecule is CCN1CCN(C(C)CNc2ncnc3ccc(S(C)(=O)=O)cc23)CC1. The van der Waals surface area contributed by atoms with E-state index in [0.29, 0.717) is 11.9 Å². The molecule has 1 saturated heterocycles. The molecule has 1 fully saturated rings. The molecule has 1 aliphatic heterocycles. The van der Waals surface area contributed by atoms with E-state index in [-0.39, 0.29) is 4.90 Å². The number of rotatable bonds is 6. The van der Waals surface area contributed by atoms with Crippen molar-refractivity contribution in [2.75, 3.05) is 50.8 Å². The number of nitrogens with zero attached hydrogens (tertiary/aromatic N) is 4. The summed E-state index contributed by atoms with van der Waals surface area (Å²) in [5, 5.41) is 4.12. The molecule has 0 bridgehead atoms. The van der Waals surface area contributed by atoms with Crippen molar-refractivity contribution in [2.24, 2.45) is 0 Å². The van der Waals surface area contributed by atoms with Crippen LogP contribution in [0, 0.1) is 0 Å². The molecule has 1 atom stereocenters. The number of aromatic nitrogens is 2. The van der Waals surface area contributed by atoms with Gasteiger partial charge in [0.05, 0.1) is 10.4 Å². The lowest BCUT2D eigenvalue weighted by Crippen LogP contribution is -2.51. The second kappa shape index (κ2) is 7.85. The fraction of sp³-hybridized carbons (Fsp3) is 0.556. The summed E-state index contributed by atoms with van der Waals surface area (Å²) in [6.45, 7) is 10.6. The third-order valence-corrected chi connectivity index (χ3v) is 6.19. The van der Waals surface area contributed by atoms with Crippen molar-refractivity contribution in [3.63, 3.8) is 0 Å². The summed E-state index contributed by atoms with van der Waals surface area (Å²) in [5.74, 6) is 0.680. The van der Waals surface area contributed by atoms with Gasteiger partial charge in [0.1, 0.15) is 12.1 Å². The first-order valence-electron chi connectivity index (χ1n) is 9.03. The van der Waals surface area contributed by atoms with E-state index >= 15 is 0 Å². The molecule has 142 valence electrons. The van der Waals surface area contributed by atoms with Crippen LogP contribution in [0.4, 0.5) is 5.82 Å². The molecule has 2 aromatic rings. The van der Waals surface area contributed by atoms with Gasteiger partial charge in [-0.15, -0.1) is 0 Å². The Balaban J connectivity index is 1.72. The average Bonchev–Trinajstić information content (AvgIpc) is 2.65. The van der Waals surface area contributed by atoms with Crippen molar-refractivity contribution >= 4 is 26.6 Å². The number of anilines is 1. The molecule has 1 aliphatic rings. The summed E-state index contributed by atoms with van der Waals surface area (Å²) < 4.78 is 23.7. The first-order valence-corrected chi connectivity index (χ1v) is 10.9. The number of fused-ring (bicyclic) bond motifs is 1. The maximum absolute atomic E-state index is 11.8. The smallest absolute Gasteiger partial charge is 0.175 e. The largest absolute Gasteiger partial charge is 0.368 e. The van der Waals surface area contributed by atoms with Crippen LogP contribution in [0.5, 0.6) is 0 Å². The number of sulfone groups is 1. The van der Waals surface area contributed by atoms with Crippen LogP contribution >= 0.6 is 0 Å². The maximum atomic E-state index is 11.8. The molecule has 7 nitrogen and oxygen atoms in total. The number of nitrogens with one attached hydrogen (secondary N) is 1. The zero-order valence-corrected chi connectivity index (χ0v) is 16.5. The third-order valence-electron chi connectivity index (χ3n) is 5.08. The summed E-state index contributed by atoms with van der Waals surface area (Å²) >= 11 is 0. The number of hydrogen-bond donors (Lipinski definition) is 1. The molecule has 2 heterocycles. The summed E-state index contributed by atoms with van der Waals surface area (Å²) in [6, 6.07) is 5.34. The van der Waals surface area contributed by atoms with Gasteiger partial charge in [0.15, 0.2) is 9.84 Å². The zero-order chi connectivity index (χ0) is 18.7. The maximum Gasteiger partial charge on any atom is 0.175 e. The minimum absolute atomic E-state index is 0.284. The third kappa shape index (κ3) is 4.31. The molecule has 1 aromatic carbocycles. The van der Waals surface area contributed by atoms with E-state index < -0.39 is 9.84 Å². The monoisotopic (exact) mass is 377 g/mol.